The molecule has 0 bridgehead atoms. The van der Waals surface area contributed by atoms with Crippen LogP contribution < -0.4 is 5.73 Å². The Bertz CT molecular complexity index is 486. The van der Waals surface area contributed by atoms with Gasteiger partial charge in [-0.15, -0.1) is 0 Å². The molecule has 0 saturated carbocycles. The molecule has 0 aliphatic carbocycles. The van der Waals surface area contributed by atoms with Crippen molar-refractivity contribution in [1.29, 1.82) is 0 Å². The number of amides is 1. The molecular formula is C18H28N2O2. The van der Waals surface area contributed by atoms with Gasteiger partial charge in [0.15, 0.2) is 0 Å². The van der Waals surface area contributed by atoms with Crippen molar-refractivity contribution in [3.05, 3.63) is 35.4 Å². The summed E-state index contributed by atoms with van der Waals surface area (Å²) in [4.78, 5) is 16.1. The second-order valence-corrected chi connectivity index (χ2v) is 5.51. The quantitative estimate of drug-likeness (QED) is 0.683. The van der Waals surface area contributed by atoms with E-state index in [9.17, 15) is 4.79 Å². The highest BCUT2D eigenvalue weighted by Gasteiger charge is 2.18. The van der Waals surface area contributed by atoms with E-state index in [0.29, 0.717) is 30.5 Å². The first-order chi connectivity index (χ1) is 10.6. The van der Waals surface area contributed by atoms with Crippen LogP contribution >= 0.6 is 0 Å². The zero-order valence-electron chi connectivity index (χ0n) is 14.1. The second-order valence-electron chi connectivity index (χ2n) is 5.51. The van der Waals surface area contributed by atoms with Crippen LogP contribution in [0.4, 0.5) is 0 Å². The maximum atomic E-state index is 12.1. The Balaban J connectivity index is 0.00000116. The summed E-state index contributed by atoms with van der Waals surface area (Å²) in [5.41, 5.74) is 7.74. The molecule has 4 nitrogen and oxygen atoms in total. The molecule has 22 heavy (non-hydrogen) atoms. The van der Waals surface area contributed by atoms with Gasteiger partial charge in [-0.2, -0.15) is 4.99 Å². The lowest BCUT2D eigenvalue weighted by Crippen LogP contribution is -2.30. The molecule has 0 spiro atoms. The summed E-state index contributed by atoms with van der Waals surface area (Å²) in [7, 11) is 0. The zero-order valence-corrected chi connectivity index (χ0v) is 14.1. The summed E-state index contributed by atoms with van der Waals surface area (Å²) in [5, 5.41) is 0. The van der Waals surface area contributed by atoms with E-state index in [4.69, 9.17) is 10.5 Å². The van der Waals surface area contributed by atoms with Gasteiger partial charge in [-0.25, -0.2) is 0 Å². The van der Waals surface area contributed by atoms with E-state index < -0.39 is 0 Å². The predicted octanol–water partition coefficient (Wildman–Crippen LogP) is 3.76. The number of ether oxygens (including phenoxy) is 1. The number of aliphatic imine (C=N–C) groups is 1. The standard InChI is InChI=1S/C16H22N2O2.C2H6/c1-11(2)12-3-5-14(6-4-12)16(19)18-15(17)13-7-9-20-10-8-13;1-2/h3-6,11,13H,7-10H2,1-2H3,(H2,17,18,19);1-2H3. The molecular weight excluding hydrogens is 276 g/mol. The van der Waals surface area contributed by atoms with E-state index in [1.165, 1.54) is 5.56 Å². The molecule has 1 aliphatic rings. The molecule has 4 heteroatoms. The van der Waals surface area contributed by atoms with Gasteiger partial charge in [-0.05, 0) is 36.5 Å². The number of benzene rings is 1. The van der Waals surface area contributed by atoms with Crippen LogP contribution in [-0.2, 0) is 4.74 Å². The molecule has 1 aromatic carbocycles. The summed E-state index contributed by atoms with van der Waals surface area (Å²) in [6, 6.07) is 7.58. The molecule has 1 saturated heterocycles. The molecule has 1 aliphatic heterocycles. The van der Waals surface area contributed by atoms with E-state index in [1.807, 2.05) is 38.1 Å². The van der Waals surface area contributed by atoms with Gasteiger partial charge >= 0.3 is 0 Å². The molecule has 1 aromatic rings. The number of carbonyl (C=O) groups is 1. The van der Waals surface area contributed by atoms with Gasteiger partial charge in [0.1, 0.15) is 5.84 Å². The Labute approximate surface area is 133 Å². The van der Waals surface area contributed by atoms with Crippen molar-refractivity contribution >= 4 is 11.7 Å². The smallest absolute Gasteiger partial charge is 0.278 e. The average molecular weight is 304 g/mol. The number of hydrogen-bond donors (Lipinski definition) is 1. The fourth-order valence-electron chi connectivity index (χ4n) is 2.28. The highest BCUT2D eigenvalue weighted by atomic mass is 16.5. The molecule has 1 amide bonds. The van der Waals surface area contributed by atoms with Gasteiger partial charge in [0.05, 0.1) is 0 Å². The van der Waals surface area contributed by atoms with Crippen LogP contribution in [0.15, 0.2) is 29.3 Å². The molecule has 1 fully saturated rings. The Morgan fingerprint density at radius 1 is 1.18 bits per heavy atom. The van der Waals surface area contributed by atoms with Crippen LogP contribution in [0.1, 0.15) is 62.4 Å². The lowest BCUT2D eigenvalue weighted by Gasteiger charge is -2.21. The Morgan fingerprint density at radius 3 is 2.23 bits per heavy atom. The topological polar surface area (TPSA) is 64.7 Å². The SMILES string of the molecule is CC.CC(C)c1ccc(C(=O)N=C(N)C2CCOCC2)cc1. The lowest BCUT2D eigenvalue weighted by atomic mass is 9.99. The molecule has 0 aromatic heterocycles. The molecule has 1 heterocycles. The third-order valence-corrected chi connectivity index (χ3v) is 3.69. The zero-order chi connectivity index (χ0) is 16.5. The normalized spacial score (nSPS) is 16.1. The van der Waals surface area contributed by atoms with Crippen molar-refractivity contribution < 1.29 is 9.53 Å². The first kappa shape index (κ1) is 18.4. The molecule has 2 N–H and O–H groups in total. The molecule has 0 unspecified atom stereocenters. The summed E-state index contributed by atoms with van der Waals surface area (Å²) in [6.07, 6.45) is 1.68. The van der Waals surface area contributed by atoms with Crippen molar-refractivity contribution in [3.63, 3.8) is 0 Å². The summed E-state index contributed by atoms with van der Waals surface area (Å²) in [6.45, 7) is 9.63. The highest BCUT2D eigenvalue weighted by molar-refractivity contribution is 6.03. The van der Waals surface area contributed by atoms with Gasteiger partial charge in [0, 0.05) is 24.7 Å². The first-order valence-electron chi connectivity index (χ1n) is 8.14. The van der Waals surface area contributed by atoms with E-state index in [1.54, 1.807) is 0 Å². The number of nitrogens with zero attached hydrogens (tertiary/aromatic N) is 1. The van der Waals surface area contributed by atoms with Crippen LogP contribution in [-0.4, -0.2) is 25.0 Å². The van der Waals surface area contributed by atoms with Crippen molar-refractivity contribution in [2.45, 2.75) is 46.5 Å². The maximum Gasteiger partial charge on any atom is 0.278 e. The van der Waals surface area contributed by atoms with E-state index in [2.05, 4.69) is 18.8 Å². The molecule has 0 radical (unpaired) electrons. The number of amidine groups is 1. The van der Waals surface area contributed by atoms with E-state index in [-0.39, 0.29) is 11.8 Å². The number of hydrogen-bond acceptors (Lipinski definition) is 2. The van der Waals surface area contributed by atoms with Crippen LogP contribution in [0, 0.1) is 5.92 Å². The lowest BCUT2D eigenvalue weighted by molar-refractivity contribution is 0.0821. The van der Waals surface area contributed by atoms with Crippen molar-refractivity contribution in [1.82, 2.24) is 0 Å². The van der Waals surface area contributed by atoms with E-state index in [0.717, 1.165) is 12.8 Å². The minimum absolute atomic E-state index is 0.169. The third kappa shape index (κ3) is 5.26. The van der Waals surface area contributed by atoms with Crippen LogP contribution in [0.5, 0.6) is 0 Å². The predicted molar refractivity (Wildman–Crippen MR) is 91.4 cm³/mol. The van der Waals surface area contributed by atoms with Crippen LogP contribution in [0.25, 0.3) is 0 Å². The molecule has 122 valence electrons. The minimum Gasteiger partial charge on any atom is -0.387 e. The summed E-state index contributed by atoms with van der Waals surface area (Å²) < 4.78 is 5.28. The number of nitrogens with two attached hydrogens (primary N) is 1. The minimum atomic E-state index is -0.260. The number of rotatable bonds is 3. The Morgan fingerprint density at radius 2 is 1.73 bits per heavy atom. The Hall–Kier alpha value is -1.68. The monoisotopic (exact) mass is 304 g/mol. The number of carbonyl (C=O) groups excluding carboxylic acids is 1. The summed E-state index contributed by atoms with van der Waals surface area (Å²) in [5.74, 6) is 0.799. The van der Waals surface area contributed by atoms with Crippen molar-refractivity contribution in [2.75, 3.05) is 13.2 Å². The largest absolute Gasteiger partial charge is 0.387 e. The highest BCUT2D eigenvalue weighted by Crippen LogP contribution is 2.17. The van der Waals surface area contributed by atoms with Crippen molar-refractivity contribution in [2.24, 2.45) is 16.6 Å². The second kappa shape index (κ2) is 9.36. The maximum absolute atomic E-state index is 12.1. The van der Waals surface area contributed by atoms with Crippen LogP contribution in [0.2, 0.25) is 0 Å². The van der Waals surface area contributed by atoms with E-state index >= 15 is 0 Å². The molecule has 2 rings (SSSR count). The average Bonchev–Trinajstić information content (AvgIpc) is 2.57. The van der Waals surface area contributed by atoms with Gasteiger partial charge in [-0.3, -0.25) is 4.79 Å². The fourth-order valence-corrected chi connectivity index (χ4v) is 2.28. The summed E-state index contributed by atoms with van der Waals surface area (Å²) >= 11 is 0. The third-order valence-electron chi connectivity index (χ3n) is 3.69. The Kier molecular flexibility index (Phi) is 7.82. The van der Waals surface area contributed by atoms with Crippen molar-refractivity contribution in [3.8, 4) is 0 Å². The molecule has 0 atom stereocenters. The van der Waals surface area contributed by atoms with Gasteiger partial charge in [-0.1, -0.05) is 39.8 Å². The fraction of sp³-hybridized carbons (Fsp3) is 0.556. The van der Waals surface area contributed by atoms with Gasteiger partial charge in [0.2, 0.25) is 0 Å². The van der Waals surface area contributed by atoms with Gasteiger partial charge in [0.25, 0.3) is 5.91 Å². The first-order valence-corrected chi connectivity index (χ1v) is 8.14. The van der Waals surface area contributed by atoms with Crippen LogP contribution in [0.3, 0.4) is 0 Å². The van der Waals surface area contributed by atoms with Gasteiger partial charge < -0.3 is 10.5 Å².